The largest absolute Gasteiger partial charge is 0.507 e. The molecule has 33 heavy (non-hydrogen) atoms. The van der Waals surface area contributed by atoms with Crippen LogP contribution in [0.1, 0.15) is 84.3 Å². The van der Waals surface area contributed by atoms with Gasteiger partial charge in [0.1, 0.15) is 17.1 Å². The molecule has 0 aromatic heterocycles. The number of hydrogen-bond donors (Lipinski definition) is 1. The fraction of sp³-hybridized carbons (Fsp3) is 0.679. The fourth-order valence-corrected chi connectivity index (χ4v) is 7.23. The first-order chi connectivity index (χ1) is 15.4. The molecule has 0 saturated heterocycles. The van der Waals surface area contributed by atoms with Crippen molar-refractivity contribution in [3.8, 4) is 11.5 Å². The van der Waals surface area contributed by atoms with Gasteiger partial charge in [0.2, 0.25) is 0 Å². The summed E-state index contributed by atoms with van der Waals surface area (Å²) in [6.07, 6.45) is 6.16. The third-order valence-electron chi connectivity index (χ3n) is 9.33. The SMILES string of the molecule is COc1cc(C)c(O)c(CC2(C)C(C)CCC3(C)C4=C(CCC32)C(C)(C)OOC(=O)CC4)c1. The summed E-state index contributed by atoms with van der Waals surface area (Å²) in [5, 5.41) is 10.9. The van der Waals surface area contributed by atoms with Crippen LogP contribution in [0, 0.1) is 29.6 Å². The van der Waals surface area contributed by atoms with Crippen molar-refractivity contribution in [2.45, 2.75) is 92.1 Å². The number of allylic oxidation sites excluding steroid dienone is 1. The van der Waals surface area contributed by atoms with Crippen molar-refractivity contribution in [3.63, 3.8) is 0 Å². The second kappa shape index (κ2) is 8.33. The molecule has 4 rings (SSSR count). The normalized spacial score (nSPS) is 34.0. The zero-order valence-electron chi connectivity index (χ0n) is 21.3. The van der Waals surface area contributed by atoms with Crippen LogP contribution in [0.3, 0.4) is 0 Å². The van der Waals surface area contributed by atoms with E-state index in [0.29, 0.717) is 24.0 Å². The van der Waals surface area contributed by atoms with Gasteiger partial charge in [-0.2, -0.15) is 4.89 Å². The molecular formula is C28H40O5. The third kappa shape index (κ3) is 3.96. The van der Waals surface area contributed by atoms with E-state index < -0.39 is 5.60 Å². The molecule has 5 nitrogen and oxygen atoms in total. The van der Waals surface area contributed by atoms with Crippen LogP contribution in [0.15, 0.2) is 23.3 Å². The molecule has 182 valence electrons. The van der Waals surface area contributed by atoms with Crippen molar-refractivity contribution in [2.24, 2.45) is 22.7 Å². The summed E-state index contributed by atoms with van der Waals surface area (Å²) >= 11 is 0. The van der Waals surface area contributed by atoms with Gasteiger partial charge in [-0.3, -0.25) is 4.89 Å². The topological polar surface area (TPSA) is 65.0 Å². The molecule has 1 heterocycles. The highest BCUT2D eigenvalue weighted by atomic mass is 17.2. The summed E-state index contributed by atoms with van der Waals surface area (Å²) in [6, 6.07) is 3.89. The Kier molecular flexibility index (Phi) is 6.09. The Balaban J connectivity index is 1.78. The molecule has 1 fully saturated rings. The van der Waals surface area contributed by atoms with Crippen LogP contribution in [0.4, 0.5) is 0 Å². The Morgan fingerprint density at radius 3 is 2.52 bits per heavy atom. The molecule has 3 aliphatic rings. The highest BCUT2D eigenvalue weighted by molar-refractivity contribution is 5.69. The Labute approximate surface area is 198 Å². The number of phenols is 1. The molecule has 5 heteroatoms. The standard InChI is InChI=1S/C28H40O5/c1-17-14-20(31-7)15-19(25(17)30)16-28(6)18(2)12-13-27(5)22-9-11-24(29)32-33-26(3,4)21(22)8-10-23(27)28/h14-15,18,23,30H,8-13,16H2,1-7H3. The van der Waals surface area contributed by atoms with Crippen molar-refractivity contribution >= 4 is 5.97 Å². The van der Waals surface area contributed by atoms with Crippen molar-refractivity contribution < 1.29 is 24.4 Å². The Hall–Kier alpha value is -2.01. The van der Waals surface area contributed by atoms with Gasteiger partial charge in [-0.1, -0.05) is 26.3 Å². The van der Waals surface area contributed by atoms with E-state index in [9.17, 15) is 9.90 Å². The van der Waals surface area contributed by atoms with Gasteiger partial charge in [0.05, 0.1) is 13.5 Å². The van der Waals surface area contributed by atoms with Gasteiger partial charge in [0, 0.05) is 0 Å². The number of phenolic OH excluding ortho intramolecular Hbond substituents is 1. The zero-order chi connectivity index (χ0) is 24.2. The number of aryl methyl sites for hydroxylation is 1. The molecule has 1 aromatic carbocycles. The first kappa shape index (κ1) is 24.1. The highest BCUT2D eigenvalue weighted by Gasteiger charge is 2.56. The van der Waals surface area contributed by atoms with E-state index in [1.54, 1.807) is 7.11 Å². The molecule has 2 aliphatic carbocycles. The molecule has 1 aliphatic heterocycles. The van der Waals surface area contributed by atoms with Crippen LogP contribution in [0.25, 0.3) is 0 Å². The minimum atomic E-state index is -0.610. The Morgan fingerprint density at radius 2 is 1.82 bits per heavy atom. The van der Waals surface area contributed by atoms with Crippen LogP contribution in [-0.4, -0.2) is 23.8 Å². The van der Waals surface area contributed by atoms with E-state index >= 15 is 0 Å². The number of benzene rings is 1. The number of rotatable bonds is 3. The lowest BCUT2D eigenvalue weighted by molar-refractivity contribution is -0.317. The molecule has 0 spiro atoms. The van der Waals surface area contributed by atoms with E-state index in [1.807, 2.05) is 32.9 Å². The van der Waals surface area contributed by atoms with Crippen molar-refractivity contribution in [2.75, 3.05) is 7.11 Å². The quantitative estimate of drug-likeness (QED) is 0.418. The van der Waals surface area contributed by atoms with Crippen molar-refractivity contribution in [1.29, 1.82) is 0 Å². The van der Waals surface area contributed by atoms with Gasteiger partial charge in [0.15, 0.2) is 0 Å². The van der Waals surface area contributed by atoms with E-state index in [1.165, 1.54) is 11.1 Å². The Bertz CT molecular complexity index is 977. The molecular weight excluding hydrogens is 416 g/mol. The maximum Gasteiger partial charge on any atom is 0.342 e. The zero-order valence-corrected chi connectivity index (χ0v) is 21.3. The molecule has 1 saturated carbocycles. The van der Waals surface area contributed by atoms with Gasteiger partial charge in [-0.05, 0) is 111 Å². The summed E-state index contributed by atoms with van der Waals surface area (Å²) in [4.78, 5) is 22.9. The van der Waals surface area contributed by atoms with Gasteiger partial charge in [0.25, 0.3) is 0 Å². The molecule has 1 aromatic rings. The van der Waals surface area contributed by atoms with Gasteiger partial charge < -0.3 is 9.84 Å². The third-order valence-corrected chi connectivity index (χ3v) is 9.33. The predicted octanol–water partition coefficient (Wildman–Crippen LogP) is 6.45. The molecule has 0 bridgehead atoms. The molecule has 4 atom stereocenters. The lowest BCUT2D eigenvalue weighted by Crippen LogP contribution is -2.53. The lowest BCUT2D eigenvalue weighted by Gasteiger charge is -2.60. The summed E-state index contributed by atoms with van der Waals surface area (Å²) in [5.41, 5.74) is 3.93. The maximum absolute atomic E-state index is 12.2. The molecule has 0 amide bonds. The predicted molar refractivity (Wildman–Crippen MR) is 128 cm³/mol. The van der Waals surface area contributed by atoms with Crippen molar-refractivity contribution in [3.05, 3.63) is 34.4 Å². The first-order valence-corrected chi connectivity index (χ1v) is 12.4. The minimum Gasteiger partial charge on any atom is -0.507 e. The summed E-state index contributed by atoms with van der Waals surface area (Å²) in [5.74, 6) is 1.86. The number of methoxy groups -OCH3 is 1. The molecule has 1 N–H and O–H groups in total. The number of carbonyl (C=O) groups excluding carboxylic acids is 1. The molecule has 0 radical (unpaired) electrons. The summed E-state index contributed by atoms with van der Waals surface area (Å²) in [7, 11) is 1.68. The smallest absolute Gasteiger partial charge is 0.342 e. The van der Waals surface area contributed by atoms with Gasteiger partial charge in [-0.15, -0.1) is 0 Å². The monoisotopic (exact) mass is 456 g/mol. The van der Waals surface area contributed by atoms with Crippen LogP contribution in [0.2, 0.25) is 0 Å². The van der Waals surface area contributed by atoms with E-state index in [4.69, 9.17) is 14.5 Å². The summed E-state index contributed by atoms with van der Waals surface area (Å²) in [6.45, 7) is 13.2. The molecule has 4 unspecified atom stereocenters. The highest BCUT2D eigenvalue weighted by Crippen LogP contribution is 2.64. The van der Waals surface area contributed by atoms with E-state index in [-0.39, 0.29) is 16.8 Å². The maximum atomic E-state index is 12.2. The van der Waals surface area contributed by atoms with Crippen LogP contribution in [-0.2, 0) is 21.0 Å². The van der Waals surface area contributed by atoms with E-state index in [2.05, 4.69) is 20.8 Å². The van der Waals surface area contributed by atoms with E-state index in [0.717, 1.165) is 55.4 Å². The average Bonchev–Trinajstić information content (AvgIpc) is 2.76. The number of hydrogen-bond acceptors (Lipinski definition) is 5. The minimum absolute atomic E-state index is 0.00335. The van der Waals surface area contributed by atoms with Crippen LogP contribution in [0.5, 0.6) is 11.5 Å². The Morgan fingerprint density at radius 1 is 1.09 bits per heavy atom. The lowest BCUT2D eigenvalue weighted by atomic mass is 9.45. The second-order valence-electron chi connectivity index (χ2n) is 11.6. The average molecular weight is 457 g/mol. The number of carbonyl (C=O) groups is 1. The van der Waals surface area contributed by atoms with Crippen LogP contribution >= 0.6 is 0 Å². The second-order valence-corrected chi connectivity index (χ2v) is 11.6. The number of aromatic hydroxyl groups is 1. The first-order valence-electron chi connectivity index (χ1n) is 12.4. The fourth-order valence-electron chi connectivity index (χ4n) is 7.23. The number of fused-ring (bicyclic) bond motifs is 2. The number of ether oxygens (including phenoxy) is 1. The van der Waals surface area contributed by atoms with Crippen LogP contribution < -0.4 is 4.74 Å². The van der Waals surface area contributed by atoms with Gasteiger partial charge >= 0.3 is 5.97 Å². The van der Waals surface area contributed by atoms with Crippen molar-refractivity contribution in [1.82, 2.24) is 0 Å². The van der Waals surface area contributed by atoms with Gasteiger partial charge in [-0.25, -0.2) is 4.79 Å². The summed E-state index contributed by atoms with van der Waals surface area (Å²) < 4.78 is 5.52.